The van der Waals surface area contributed by atoms with Crippen molar-refractivity contribution in [1.82, 2.24) is 15.2 Å². The fourth-order valence-electron chi connectivity index (χ4n) is 3.66. The number of hydrogen-bond donors (Lipinski definition) is 2. The Hall–Kier alpha value is -0.0500. The van der Waals surface area contributed by atoms with E-state index < -0.39 is 0 Å². The van der Waals surface area contributed by atoms with Gasteiger partial charge in [-0.2, -0.15) is 11.8 Å². The van der Waals surface area contributed by atoms with E-state index in [-0.39, 0.29) is 36.3 Å². The number of nitrogens with zero attached hydrogens (tertiary/aromatic N) is 2. The number of nitrogens with one attached hydrogen (secondary N) is 1. The van der Waals surface area contributed by atoms with Gasteiger partial charge >= 0.3 is 0 Å². The average molecular weight is 427 g/mol. The number of nitrogens with two attached hydrogens (primary N) is 1. The third-order valence-electron chi connectivity index (χ3n) is 4.94. The van der Waals surface area contributed by atoms with Crippen LogP contribution in [0.2, 0.25) is 0 Å². The molecule has 1 aliphatic heterocycles. The highest BCUT2D eigenvalue weighted by Crippen LogP contribution is 2.36. The van der Waals surface area contributed by atoms with Crippen LogP contribution in [0.15, 0.2) is 5.38 Å². The third-order valence-corrected chi connectivity index (χ3v) is 6.79. The van der Waals surface area contributed by atoms with E-state index in [0.29, 0.717) is 12.2 Å². The Morgan fingerprint density at radius 1 is 1.28 bits per heavy atom. The molecule has 0 spiro atoms. The second kappa shape index (κ2) is 10.9. The van der Waals surface area contributed by atoms with Crippen LogP contribution in [0.25, 0.3) is 0 Å². The van der Waals surface area contributed by atoms with Gasteiger partial charge in [0.15, 0.2) is 0 Å². The summed E-state index contributed by atoms with van der Waals surface area (Å²) >= 11 is 3.56. The normalized spacial score (nSPS) is 19.7. The topological polar surface area (TPSA) is 71.2 Å². The highest BCUT2D eigenvalue weighted by atomic mass is 35.5. The first-order valence-corrected chi connectivity index (χ1v) is 10.5. The summed E-state index contributed by atoms with van der Waals surface area (Å²) in [7, 11) is 0. The molecule has 1 saturated heterocycles. The van der Waals surface area contributed by atoms with Crippen molar-refractivity contribution >= 4 is 53.8 Å². The predicted octanol–water partition coefficient (Wildman–Crippen LogP) is 2.58. The summed E-state index contributed by atoms with van der Waals surface area (Å²) in [5, 5.41) is 5.95. The predicted molar refractivity (Wildman–Crippen MR) is 112 cm³/mol. The largest absolute Gasteiger partial charge is 0.349 e. The van der Waals surface area contributed by atoms with Gasteiger partial charge in [0.05, 0.1) is 5.01 Å². The first-order chi connectivity index (χ1) is 11.2. The molecule has 2 heterocycles. The van der Waals surface area contributed by atoms with Crippen LogP contribution in [0.5, 0.6) is 0 Å². The molecule has 1 amide bonds. The van der Waals surface area contributed by atoms with Crippen molar-refractivity contribution in [2.75, 3.05) is 37.7 Å². The number of rotatable bonds is 6. The lowest BCUT2D eigenvalue weighted by Crippen LogP contribution is -2.56. The number of thiazole rings is 1. The first kappa shape index (κ1) is 23.0. The molecule has 25 heavy (non-hydrogen) atoms. The van der Waals surface area contributed by atoms with E-state index in [2.05, 4.69) is 15.2 Å². The molecule has 2 fully saturated rings. The van der Waals surface area contributed by atoms with Crippen molar-refractivity contribution in [2.45, 2.75) is 37.6 Å². The Balaban J connectivity index is 0.00000156. The average Bonchev–Trinajstić information content (AvgIpc) is 3.24. The molecule has 3 rings (SSSR count). The second-order valence-corrected chi connectivity index (χ2v) is 8.55. The van der Waals surface area contributed by atoms with E-state index in [4.69, 9.17) is 5.73 Å². The molecule has 1 aromatic rings. The van der Waals surface area contributed by atoms with E-state index in [0.717, 1.165) is 31.1 Å². The smallest absolute Gasteiger partial charge is 0.270 e. The van der Waals surface area contributed by atoms with Crippen LogP contribution in [-0.2, 0) is 6.42 Å². The van der Waals surface area contributed by atoms with Gasteiger partial charge in [-0.05, 0) is 19.4 Å². The number of thioether (sulfide) groups is 1. The van der Waals surface area contributed by atoms with Gasteiger partial charge < -0.3 is 11.1 Å². The molecule has 1 aromatic heterocycles. The Labute approximate surface area is 170 Å². The van der Waals surface area contributed by atoms with Crippen molar-refractivity contribution in [1.29, 1.82) is 0 Å². The highest BCUT2D eigenvalue weighted by Gasteiger charge is 2.40. The monoisotopic (exact) mass is 426 g/mol. The quantitative estimate of drug-likeness (QED) is 0.730. The van der Waals surface area contributed by atoms with Crippen LogP contribution in [0.4, 0.5) is 0 Å². The molecule has 0 radical (unpaired) electrons. The van der Waals surface area contributed by atoms with Gasteiger partial charge in [0.1, 0.15) is 5.69 Å². The van der Waals surface area contributed by atoms with E-state index >= 15 is 0 Å². The van der Waals surface area contributed by atoms with E-state index in [1.807, 2.05) is 17.1 Å². The molecule has 1 saturated carbocycles. The van der Waals surface area contributed by atoms with Crippen LogP contribution >= 0.6 is 47.9 Å². The summed E-state index contributed by atoms with van der Waals surface area (Å²) < 4.78 is 0. The zero-order chi connectivity index (χ0) is 16.1. The Morgan fingerprint density at radius 2 is 1.96 bits per heavy atom. The number of amides is 1. The zero-order valence-electron chi connectivity index (χ0n) is 14.4. The lowest BCUT2D eigenvalue weighted by atomic mass is 9.94. The van der Waals surface area contributed by atoms with Gasteiger partial charge in [-0.15, -0.1) is 36.2 Å². The molecule has 0 atom stereocenters. The minimum absolute atomic E-state index is 0. The van der Waals surface area contributed by atoms with E-state index in [1.54, 1.807) is 0 Å². The van der Waals surface area contributed by atoms with Crippen molar-refractivity contribution < 1.29 is 4.79 Å². The van der Waals surface area contributed by atoms with Crippen LogP contribution < -0.4 is 11.1 Å². The summed E-state index contributed by atoms with van der Waals surface area (Å²) in [6, 6.07) is 0. The minimum atomic E-state index is -0.0396. The van der Waals surface area contributed by atoms with Crippen molar-refractivity contribution in [2.24, 2.45) is 5.73 Å². The Bertz CT molecular complexity index is 532. The van der Waals surface area contributed by atoms with Crippen LogP contribution in [0, 0.1) is 0 Å². The van der Waals surface area contributed by atoms with E-state index in [9.17, 15) is 4.79 Å². The van der Waals surface area contributed by atoms with Gasteiger partial charge in [0.2, 0.25) is 0 Å². The molecule has 3 N–H and O–H groups in total. The highest BCUT2D eigenvalue weighted by molar-refractivity contribution is 7.99. The molecule has 0 bridgehead atoms. The van der Waals surface area contributed by atoms with Gasteiger partial charge in [0, 0.05) is 48.5 Å². The maximum absolute atomic E-state index is 12.4. The lowest BCUT2D eigenvalue weighted by Gasteiger charge is -2.43. The number of halogens is 2. The summed E-state index contributed by atoms with van der Waals surface area (Å²) in [6.45, 7) is 3.63. The van der Waals surface area contributed by atoms with Crippen LogP contribution in [0.3, 0.4) is 0 Å². The second-order valence-electron chi connectivity index (χ2n) is 6.38. The summed E-state index contributed by atoms with van der Waals surface area (Å²) in [6.07, 6.45) is 5.70. The van der Waals surface area contributed by atoms with Gasteiger partial charge in [0.25, 0.3) is 5.91 Å². The maximum atomic E-state index is 12.4. The first-order valence-electron chi connectivity index (χ1n) is 8.49. The van der Waals surface area contributed by atoms with Crippen molar-refractivity contribution in [3.8, 4) is 0 Å². The number of aromatic nitrogens is 1. The lowest BCUT2D eigenvalue weighted by molar-refractivity contribution is 0.0814. The summed E-state index contributed by atoms with van der Waals surface area (Å²) in [4.78, 5) is 19.4. The molecule has 0 unspecified atom stereocenters. The maximum Gasteiger partial charge on any atom is 0.270 e. The standard InChI is InChI=1S/C16H26N4OS2.2ClH/c17-6-3-14-19-13(11-23-14)15(21)18-12-16(4-1-2-5-16)20-7-9-22-10-8-20;;/h11H,1-10,12,17H2,(H,18,21);2*1H. The molecule has 2 aliphatic rings. The number of hydrogen-bond acceptors (Lipinski definition) is 6. The zero-order valence-corrected chi connectivity index (χ0v) is 17.6. The number of carbonyl (C=O) groups is 1. The molecule has 5 nitrogen and oxygen atoms in total. The number of carbonyl (C=O) groups excluding carboxylic acids is 1. The molecule has 9 heteroatoms. The van der Waals surface area contributed by atoms with Gasteiger partial charge in [-0.1, -0.05) is 12.8 Å². The van der Waals surface area contributed by atoms with Crippen LogP contribution in [0.1, 0.15) is 41.2 Å². The Kier molecular flexibility index (Phi) is 10.1. The van der Waals surface area contributed by atoms with Gasteiger partial charge in [-0.3, -0.25) is 9.69 Å². The molecule has 1 aliphatic carbocycles. The summed E-state index contributed by atoms with van der Waals surface area (Å²) in [5.41, 5.74) is 6.26. The summed E-state index contributed by atoms with van der Waals surface area (Å²) in [5.74, 6) is 2.39. The SMILES string of the molecule is Cl.Cl.NCCc1nc(C(=O)NCC2(N3CCSCC3)CCCC2)cs1. The van der Waals surface area contributed by atoms with Crippen LogP contribution in [-0.4, -0.2) is 59.0 Å². The van der Waals surface area contributed by atoms with Crippen molar-refractivity contribution in [3.05, 3.63) is 16.1 Å². The fourth-order valence-corrected chi connectivity index (χ4v) is 5.36. The molecule has 0 aromatic carbocycles. The Morgan fingerprint density at radius 3 is 2.60 bits per heavy atom. The molecular formula is C16H28Cl2N4OS2. The van der Waals surface area contributed by atoms with Gasteiger partial charge in [-0.25, -0.2) is 4.98 Å². The van der Waals surface area contributed by atoms with Crippen molar-refractivity contribution in [3.63, 3.8) is 0 Å². The third kappa shape index (κ3) is 5.71. The fraction of sp³-hybridized carbons (Fsp3) is 0.750. The minimum Gasteiger partial charge on any atom is -0.349 e. The van der Waals surface area contributed by atoms with E-state index in [1.165, 1.54) is 48.5 Å². The molecule has 144 valence electrons. The molecular weight excluding hydrogens is 399 g/mol.